The fourth-order valence-corrected chi connectivity index (χ4v) is 2.16. The van der Waals surface area contributed by atoms with Gasteiger partial charge in [-0.1, -0.05) is 12.1 Å². The largest absolute Gasteiger partial charge is 0.338 e. The van der Waals surface area contributed by atoms with E-state index >= 15 is 0 Å². The summed E-state index contributed by atoms with van der Waals surface area (Å²) in [6.07, 6.45) is 1.96. The van der Waals surface area contributed by atoms with Gasteiger partial charge in [0.05, 0.1) is 4.92 Å². The van der Waals surface area contributed by atoms with Gasteiger partial charge in [0.2, 0.25) is 0 Å². The van der Waals surface area contributed by atoms with Crippen molar-refractivity contribution in [3.8, 4) is 0 Å². The molecule has 1 aliphatic heterocycles. The Balaban J connectivity index is 2.42. The van der Waals surface area contributed by atoms with E-state index in [9.17, 15) is 14.9 Å². The van der Waals surface area contributed by atoms with Crippen molar-refractivity contribution in [2.45, 2.75) is 19.8 Å². The number of nitrogens with zero attached hydrogens (tertiary/aromatic N) is 2. The Morgan fingerprint density at radius 1 is 1.35 bits per heavy atom. The topological polar surface area (TPSA) is 63.5 Å². The van der Waals surface area contributed by atoms with E-state index in [2.05, 4.69) is 0 Å². The average Bonchev–Trinajstić information content (AvgIpc) is 2.81. The standard InChI is InChI=1S/C12H14N2O3/c1-9-5-4-6-10(14(16)17)11(9)12(15)13-7-2-3-8-13/h4-6H,2-3,7-8H2,1H3. The number of hydrogen-bond donors (Lipinski definition) is 0. The molecular formula is C12H14N2O3. The molecule has 5 heteroatoms. The Morgan fingerprint density at radius 2 is 2.00 bits per heavy atom. The lowest BCUT2D eigenvalue weighted by molar-refractivity contribution is -0.385. The summed E-state index contributed by atoms with van der Waals surface area (Å²) < 4.78 is 0. The molecule has 1 saturated heterocycles. The highest BCUT2D eigenvalue weighted by molar-refractivity contribution is 5.99. The van der Waals surface area contributed by atoms with Crippen LogP contribution in [-0.2, 0) is 0 Å². The summed E-state index contributed by atoms with van der Waals surface area (Å²) in [6, 6.07) is 4.72. The van der Waals surface area contributed by atoms with E-state index in [4.69, 9.17) is 0 Å². The molecule has 1 aliphatic rings. The number of nitro groups is 1. The first-order valence-electron chi connectivity index (χ1n) is 5.64. The molecule has 0 saturated carbocycles. The molecule has 0 N–H and O–H groups in total. The number of rotatable bonds is 2. The summed E-state index contributed by atoms with van der Waals surface area (Å²) in [4.78, 5) is 24.3. The highest BCUT2D eigenvalue weighted by Gasteiger charge is 2.27. The van der Waals surface area contributed by atoms with E-state index in [0.29, 0.717) is 18.7 Å². The van der Waals surface area contributed by atoms with Gasteiger partial charge in [0.1, 0.15) is 5.56 Å². The van der Waals surface area contributed by atoms with E-state index in [0.717, 1.165) is 12.8 Å². The monoisotopic (exact) mass is 234 g/mol. The smallest absolute Gasteiger partial charge is 0.282 e. The molecule has 0 atom stereocenters. The second-order valence-electron chi connectivity index (χ2n) is 4.23. The Morgan fingerprint density at radius 3 is 2.59 bits per heavy atom. The predicted molar refractivity (Wildman–Crippen MR) is 63.0 cm³/mol. The second-order valence-corrected chi connectivity index (χ2v) is 4.23. The molecule has 0 aromatic heterocycles. The Labute approximate surface area is 99.2 Å². The maximum atomic E-state index is 12.2. The molecule has 0 bridgehead atoms. The first-order chi connectivity index (χ1) is 8.11. The third-order valence-electron chi connectivity index (χ3n) is 3.05. The molecule has 90 valence electrons. The van der Waals surface area contributed by atoms with Crippen molar-refractivity contribution in [2.75, 3.05) is 13.1 Å². The fourth-order valence-electron chi connectivity index (χ4n) is 2.16. The van der Waals surface area contributed by atoms with Gasteiger partial charge in [0.25, 0.3) is 11.6 Å². The van der Waals surface area contributed by atoms with E-state index < -0.39 is 4.92 Å². The Hall–Kier alpha value is -1.91. The van der Waals surface area contributed by atoms with Crippen LogP contribution in [0.2, 0.25) is 0 Å². The second kappa shape index (κ2) is 4.53. The van der Waals surface area contributed by atoms with Gasteiger partial charge >= 0.3 is 0 Å². The molecule has 1 fully saturated rings. The summed E-state index contributed by atoms with van der Waals surface area (Å²) in [5, 5.41) is 10.9. The minimum absolute atomic E-state index is 0.0955. The van der Waals surface area contributed by atoms with Gasteiger partial charge in [-0.25, -0.2) is 0 Å². The zero-order chi connectivity index (χ0) is 12.4. The molecule has 1 amide bonds. The first kappa shape index (κ1) is 11.6. The number of benzene rings is 1. The third kappa shape index (κ3) is 2.13. The van der Waals surface area contributed by atoms with Crippen LogP contribution in [0.4, 0.5) is 5.69 Å². The van der Waals surface area contributed by atoms with Crippen LogP contribution in [0.1, 0.15) is 28.8 Å². The van der Waals surface area contributed by atoms with Crippen molar-refractivity contribution in [1.82, 2.24) is 4.90 Å². The van der Waals surface area contributed by atoms with Crippen LogP contribution >= 0.6 is 0 Å². The summed E-state index contributed by atoms with van der Waals surface area (Å²) in [7, 11) is 0. The predicted octanol–water partition coefficient (Wildman–Crippen LogP) is 2.14. The number of carbonyl (C=O) groups is 1. The van der Waals surface area contributed by atoms with Crippen LogP contribution < -0.4 is 0 Å². The van der Waals surface area contributed by atoms with Crippen LogP contribution in [0.5, 0.6) is 0 Å². The fraction of sp³-hybridized carbons (Fsp3) is 0.417. The normalized spacial score (nSPS) is 15.0. The SMILES string of the molecule is Cc1cccc([N+](=O)[O-])c1C(=O)N1CCCC1. The molecule has 1 heterocycles. The summed E-state index contributed by atoms with van der Waals surface area (Å²) in [5.74, 6) is -0.215. The molecular weight excluding hydrogens is 220 g/mol. The zero-order valence-corrected chi connectivity index (χ0v) is 9.68. The van der Waals surface area contributed by atoms with Gasteiger partial charge in [0, 0.05) is 19.2 Å². The summed E-state index contributed by atoms with van der Waals surface area (Å²) >= 11 is 0. The molecule has 2 rings (SSSR count). The molecule has 5 nitrogen and oxygen atoms in total. The van der Waals surface area contributed by atoms with Gasteiger partial charge < -0.3 is 4.90 Å². The minimum Gasteiger partial charge on any atom is -0.338 e. The molecule has 17 heavy (non-hydrogen) atoms. The lowest BCUT2D eigenvalue weighted by Crippen LogP contribution is -2.28. The van der Waals surface area contributed by atoms with Crippen molar-refractivity contribution < 1.29 is 9.72 Å². The number of nitro benzene ring substituents is 1. The minimum atomic E-state index is -0.490. The van der Waals surface area contributed by atoms with Crippen molar-refractivity contribution >= 4 is 11.6 Å². The van der Waals surface area contributed by atoms with E-state index in [1.165, 1.54) is 6.07 Å². The van der Waals surface area contributed by atoms with Gasteiger partial charge in [-0.3, -0.25) is 14.9 Å². The average molecular weight is 234 g/mol. The quantitative estimate of drug-likeness (QED) is 0.581. The van der Waals surface area contributed by atoms with Crippen molar-refractivity contribution in [3.63, 3.8) is 0 Å². The molecule has 0 radical (unpaired) electrons. The van der Waals surface area contributed by atoms with Crippen molar-refractivity contribution in [1.29, 1.82) is 0 Å². The highest BCUT2D eigenvalue weighted by Crippen LogP contribution is 2.24. The van der Waals surface area contributed by atoms with Gasteiger partial charge in [0.15, 0.2) is 0 Å². The lowest BCUT2D eigenvalue weighted by atomic mass is 10.1. The Bertz CT molecular complexity index is 465. The van der Waals surface area contributed by atoms with E-state index in [1.54, 1.807) is 24.0 Å². The van der Waals surface area contributed by atoms with Crippen LogP contribution in [0.25, 0.3) is 0 Å². The van der Waals surface area contributed by atoms with Crippen LogP contribution in [0, 0.1) is 17.0 Å². The van der Waals surface area contributed by atoms with Crippen LogP contribution in [0.15, 0.2) is 18.2 Å². The van der Waals surface area contributed by atoms with Gasteiger partial charge in [-0.2, -0.15) is 0 Å². The number of hydrogen-bond acceptors (Lipinski definition) is 3. The van der Waals surface area contributed by atoms with Gasteiger partial charge in [-0.05, 0) is 25.3 Å². The number of aryl methyl sites for hydroxylation is 1. The molecule has 1 aromatic carbocycles. The summed E-state index contributed by atoms with van der Waals surface area (Å²) in [6.45, 7) is 3.13. The molecule has 0 aliphatic carbocycles. The molecule has 0 spiro atoms. The summed E-state index contributed by atoms with van der Waals surface area (Å²) in [5.41, 5.74) is 0.803. The van der Waals surface area contributed by atoms with Crippen LogP contribution in [0.3, 0.4) is 0 Å². The number of likely N-dealkylation sites (tertiary alicyclic amines) is 1. The van der Waals surface area contributed by atoms with Gasteiger partial charge in [-0.15, -0.1) is 0 Å². The Kier molecular flexibility index (Phi) is 3.08. The third-order valence-corrected chi connectivity index (χ3v) is 3.05. The molecule has 0 unspecified atom stereocenters. The van der Waals surface area contributed by atoms with Crippen molar-refractivity contribution in [3.05, 3.63) is 39.4 Å². The van der Waals surface area contributed by atoms with E-state index in [1.807, 2.05) is 0 Å². The maximum Gasteiger partial charge on any atom is 0.282 e. The van der Waals surface area contributed by atoms with Crippen LogP contribution in [-0.4, -0.2) is 28.8 Å². The highest BCUT2D eigenvalue weighted by atomic mass is 16.6. The number of carbonyl (C=O) groups excluding carboxylic acids is 1. The zero-order valence-electron chi connectivity index (χ0n) is 9.68. The number of amides is 1. The van der Waals surface area contributed by atoms with E-state index in [-0.39, 0.29) is 17.2 Å². The molecule has 1 aromatic rings. The first-order valence-corrected chi connectivity index (χ1v) is 5.64. The van der Waals surface area contributed by atoms with Crippen molar-refractivity contribution in [2.24, 2.45) is 0 Å². The lowest BCUT2D eigenvalue weighted by Gasteiger charge is -2.16. The maximum absolute atomic E-state index is 12.2.